The van der Waals surface area contributed by atoms with Crippen molar-refractivity contribution in [3.8, 4) is 28.3 Å². The first-order valence-electron chi connectivity index (χ1n) is 6.67. The minimum atomic E-state index is -0.295. The van der Waals surface area contributed by atoms with Crippen LogP contribution in [-0.2, 0) is 0 Å². The van der Waals surface area contributed by atoms with Crippen molar-refractivity contribution in [1.29, 1.82) is 5.26 Å². The molecule has 3 aromatic rings. The lowest BCUT2D eigenvalue weighted by Gasteiger charge is -2.14. The van der Waals surface area contributed by atoms with Gasteiger partial charge in [0.2, 0.25) is 0 Å². The fraction of sp³-hybridized carbons (Fsp3) is 0. The van der Waals surface area contributed by atoms with E-state index < -0.39 is 0 Å². The lowest BCUT2D eigenvalue weighted by Crippen LogP contribution is -1.92. The van der Waals surface area contributed by atoms with Crippen LogP contribution in [0.25, 0.3) is 22.3 Å². The summed E-state index contributed by atoms with van der Waals surface area (Å²) in [5.74, 6) is -0.295. The van der Waals surface area contributed by atoms with E-state index in [1.165, 1.54) is 6.07 Å². The molecule has 0 aliphatic rings. The Hall–Kier alpha value is -2.44. The molecule has 3 rings (SSSR count). The van der Waals surface area contributed by atoms with Crippen LogP contribution in [0.1, 0.15) is 5.56 Å². The van der Waals surface area contributed by atoms with Gasteiger partial charge < -0.3 is 0 Å². The van der Waals surface area contributed by atoms with E-state index in [1.807, 2.05) is 24.3 Å². The summed E-state index contributed by atoms with van der Waals surface area (Å²) >= 11 is 3.48. The van der Waals surface area contributed by atoms with E-state index in [4.69, 9.17) is 0 Å². The van der Waals surface area contributed by atoms with Crippen LogP contribution in [0, 0.1) is 23.2 Å². The molecule has 0 amide bonds. The SMILES string of the molecule is N#Cc1ccccc1-c1c(Br)[c]ccc1-c1ccccc1F. The molecule has 0 aliphatic heterocycles. The average Bonchev–Trinajstić information content (AvgIpc) is 2.55. The van der Waals surface area contributed by atoms with Crippen LogP contribution in [0.2, 0.25) is 0 Å². The zero-order valence-corrected chi connectivity index (χ0v) is 13.1. The summed E-state index contributed by atoms with van der Waals surface area (Å²) in [5, 5.41) is 9.34. The molecule has 0 heterocycles. The van der Waals surface area contributed by atoms with Gasteiger partial charge in [0.05, 0.1) is 11.6 Å². The summed E-state index contributed by atoms with van der Waals surface area (Å²) in [6.07, 6.45) is 0. The molecule has 0 saturated heterocycles. The summed E-state index contributed by atoms with van der Waals surface area (Å²) in [5.41, 5.74) is 3.29. The third kappa shape index (κ3) is 2.54. The Kier molecular flexibility index (Phi) is 4.04. The number of halogens is 2. The van der Waals surface area contributed by atoms with E-state index in [1.54, 1.807) is 30.3 Å². The number of hydrogen-bond acceptors (Lipinski definition) is 1. The topological polar surface area (TPSA) is 23.8 Å². The summed E-state index contributed by atoms with van der Waals surface area (Å²) < 4.78 is 14.9. The molecule has 0 bridgehead atoms. The van der Waals surface area contributed by atoms with Gasteiger partial charge in [0, 0.05) is 21.2 Å². The third-order valence-electron chi connectivity index (χ3n) is 3.43. The minimum Gasteiger partial charge on any atom is -0.206 e. The Bertz CT molecular complexity index is 881. The van der Waals surface area contributed by atoms with Crippen molar-refractivity contribution in [1.82, 2.24) is 0 Å². The highest BCUT2D eigenvalue weighted by molar-refractivity contribution is 9.10. The van der Waals surface area contributed by atoms with Gasteiger partial charge in [-0.15, -0.1) is 0 Å². The predicted molar refractivity (Wildman–Crippen MR) is 88.5 cm³/mol. The molecular formula is C19H10BrFN. The van der Waals surface area contributed by atoms with Gasteiger partial charge in [0.15, 0.2) is 0 Å². The summed E-state index contributed by atoms with van der Waals surface area (Å²) in [7, 11) is 0. The quantitative estimate of drug-likeness (QED) is 0.590. The first kappa shape index (κ1) is 14.5. The second-order valence-corrected chi connectivity index (χ2v) is 5.51. The Balaban J connectivity index is 2.34. The van der Waals surface area contributed by atoms with Crippen LogP contribution in [0.3, 0.4) is 0 Å². The molecule has 22 heavy (non-hydrogen) atoms. The molecule has 3 aromatic carbocycles. The van der Waals surface area contributed by atoms with E-state index in [2.05, 4.69) is 28.1 Å². The third-order valence-corrected chi connectivity index (χ3v) is 4.06. The Morgan fingerprint density at radius 1 is 0.909 bits per heavy atom. The monoisotopic (exact) mass is 350 g/mol. The van der Waals surface area contributed by atoms with Gasteiger partial charge in [-0.3, -0.25) is 0 Å². The number of nitriles is 1. The molecule has 0 aliphatic carbocycles. The first-order valence-corrected chi connectivity index (χ1v) is 7.46. The Morgan fingerprint density at radius 3 is 2.32 bits per heavy atom. The molecule has 1 nitrogen and oxygen atoms in total. The fourth-order valence-electron chi connectivity index (χ4n) is 2.44. The predicted octanol–water partition coefficient (Wildman–Crippen LogP) is 5.59. The van der Waals surface area contributed by atoms with Gasteiger partial charge in [-0.2, -0.15) is 5.26 Å². The van der Waals surface area contributed by atoms with Crippen molar-refractivity contribution < 1.29 is 4.39 Å². The van der Waals surface area contributed by atoms with E-state index >= 15 is 0 Å². The summed E-state index contributed by atoms with van der Waals surface area (Å²) in [6.45, 7) is 0. The van der Waals surface area contributed by atoms with Crippen molar-refractivity contribution in [2.75, 3.05) is 0 Å². The Morgan fingerprint density at radius 2 is 1.59 bits per heavy atom. The van der Waals surface area contributed by atoms with Crippen molar-refractivity contribution in [2.24, 2.45) is 0 Å². The van der Waals surface area contributed by atoms with Gasteiger partial charge in [-0.1, -0.05) is 48.5 Å². The molecule has 0 fully saturated rings. The van der Waals surface area contributed by atoms with Crippen LogP contribution >= 0.6 is 15.9 Å². The maximum atomic E-state index is 14.2. The highest BCUT2D eigenvalue weighted by Crippen LogP contribution is 2.39. The van der Waals surface area contributed by atoms with Gasteiger partial charge in [0.1, 0.15) is 5.82 Å². The largest absolute Gasteiger partial charge is 0.206 e. The maximum Gasteiger partial charge on any atom is 0.131 e. The van der Waals surface area contributed by atoms with Crippen LogP contribution in [0.5, 0.6) is 0 Å². The molecule has 1 radical (unpaired) electrons. The summed E-state index contributed by atoms with van der Waals surface area (Å²) in [6, 6.07) is 22.7. The zero-order valence-electron chi connectivity index (χ0n) is 11.5. The lowest BCUT2D eigenvalue weighted by atomic mass is 9.92. The van der Waals surface area contributed by atoms with Gasteiger partial charge in [-0.25, -0.2) is 4.39 Å². The molecule has 0 atom stereocenters. The van der Waals surface area contributed by atoms with E-state index in [-0.39, 0.29) is 5.82 Å². The van der Waals surface area contributed by atoms with Crippen LogP contribution in [-0.4, -0.2) is 0 Å². The van der Waals surface area contributed by atoms with Crippen molar-refractivity contribution >= 4 is 15.9 Å². The highest BCUT2D eigenvalue weighted by atomic mass is 79.9. The van der Waals surface area contributed by atoms with Crippen LogP contribution < -0.4 is 0 Å². The summed E-state index contributed by atoms with van der Waals surface area (Å²) in [4.78, 5) is 0. The van der Waals surface area contributed by atoms with Crippen molar-refractivity contribution in [3.05, 3.63) is 82.6 Å². The number of rotatable bonds is 2. The fourth-order valence-corrected chi connectivity index (χ4v) is 3.00. The maximum absolute atomic E-state index is 14.2. The molecule has 0 aromatic heterocycles. The second-order valence-electron chi connectivity index (χ2n) is 4.72. The molecule has 0 saturated carbocycles. The van der Waals surface area contributed by atoms with E-state index in [0.29, 0.717) is 15.6 Å². The van der Waals surface area contributed by atoms with Crippen LogP contribution in [0.15, 0.2) is 65.1 Å². The standard InChI is InChI=1S/C19H10BrFN/c20-17-10-5-9-16(15-8-3-4-11-18(15)21)19(17)14-7-2-1-6-13(14)12-22/h1-9,11H. The molecule has 3 heteroatoms. The molecular weight excluding hydrogens is 341 g/mol. The average molecular weight is 351 g/mol. The van der Waals surface area contributed by atoms with E-state index in [9.17, 15) is 9.65 Å². The van der Waals surface area contributed by atoms with Crippen LogP contribution in [0.4, 0.5) is 4.39 Å². The lowest BCUT2D eigenvalue weighted by molar-refractivity contribution is 0.631. The first-order chi connectivity index (χ1) is 10.7. The molecule has 0 unspecified atom stereocenters. The van der Waals surface area contributed by atoms with E-state index in [0.717, 1.165) is 16.7 Å². The van der Waals surface area contributed by atoms with Crippen molar-refractivity contribution in [3.63, 3.8) is 0 Å². The molecule has 105 valence electrons. The Labute approximate surface area is 136 Å². The van der Waals surface area contributed by atoms with Gasteiger partial charge >= 0.3 is 0 Å². The highest BCUT2D eigenvalue weighted by Gasteiger charge is 2.16. The smallest absolute Gasteiger partial charge is 0.131 e. The number of benzene rings is 3. The van der Waals surface area contributed by atoms with Crippen molar-refractivity contribution in [2.45, 2.75) is 0 Å². The zero-order chi connectivity index (χ0) is 15.5. The number of nitrogens with zero attached hydrogens (tertiary/aromatic N) is 1. The minimum absolute atomic E-state index is 0.295. The van der Waals surface area contributed by atoms with Gasteiger partial charge in [0.25, 0.3) is 0 Å². The van der Waals surface area contributed by atoms with Gasteiger partial charge in [-0.05, 0) is 39.7 Å². The number of hydrogen-bond donors (Lipinski definition) is 0. The second kappa shape index (κ2) is 6.13. The molecule has 0 N–H and O–H groups in total. The normalized spacial score (nSPS) is 10.2. The molecule has 0 spiro atoms.